The highest BCUT2D eigenvalue weighted by molar-refractivity contribution is 5.94. The van der Waals surface area contributed by atoms with Crippen molar-refractivity contribution in [2.45, 2.75) is 0 Å². The van der Waals surface area contributed by atoms with Crippen molar-refractivity contribution in [1.29, 1.82) is 0 Å². The third kappa shape index (κ3) is 1.40. The van der Waals surface area contributed by atoms with Gasteiger partial charge in [0.25, 0.3) is 5.91 Å². The summed E-state index contributed by atoms with van der Waals surface area (Å²) in [4.78, 5) is 21.0. The summed E-state index contributed by atoms with van der Waals surface area (Å²) in [5.41, 5.74) is 1.60. The number of carbonyl (C=O) groups is 2. The zero-order chi connectivity index (χ0) is 9.14. The van der Waals surface area contributed by atoms with Crippen LogP contribution in [-0.2, 0) is 0 Å². The van der Waals surface area contributed by atoms with Crippen molar-refractivity contribution in [2.75, 3.05) is 0 Å². The minimum Gasteiger partial charge on any atom is -0.477 e. The van der Waals surface area contributed by atoms with Gasteiger partial charge in [-0.1, -0.05) is 0 Å². The number of hydrazine groups is 1. The van der Waals surface area contributed by atoms with Gasteiger partial charge in [0.1, 0.15) is 5.69 Å². The summed E-state index contributed by atoms with van der Waals surface area (Å²) in [6.07, 6.45) is 0. The molecule has 7 heteroatoms. The minimum atomic E-state index is -1.18. The number of nitrogens with zero attached hydrogens (tertiary/aromatic N) is 1. The second kappa shape index (κ2) is 3.01. The van der Waals surface area contributed by atoms with Crippen LogP contribution in [0, 0.1) is 0 Å². The molecule has 0 saturated carbocycles. The van der Waals surface area contributed by atoms with Gasteiger partial charge in [-0.05, 0) is 0 Å². The largest absolute Gasteiger partial charge is 0.477 e. The molecule has 0 aromatic carbocycles. The molecule has 0 radical (unpaired) electrons. The number of nitrogens with one attached hydrogen (secondary N) is 2. The van der Waals surface area contributed by atoms with Crippen molar-refractivity contribution in [1.82, 2.24) is 15.6 Å². The normalized spacial score (nSPS) is 9.42. The van der Waals surface area contributed by atoms with Crippen LogP contribution in [0.15, 0.2) is 6.07 Å². The molecule has 0 aliphatic heterocycles. The number of carbonyl (C=O) groups excluding carboxylic acids is 1. The molecule has 5 N–H and O–H groups in total. The zero-order valence-electron chi connectivity index (χ0n) is 5.87. The molecule has 0 fully saturated rings. The standard InChI is InChI=1S/C5H6N4O3/c6-7-4(10)2-1-3(5(11)12)9-8-2/h1H,6H2,(H,7,10)(H,8,9)(H,11,12). The summed E-state index contributed by atoms with van der Waals surface area (Å²) < 4.78 is 0. The maximum Gasteiger partial charge on any atom is 0.353 e. The van der Waals surface area contributed by atoms with E-state index in [2.05, 4.69) is 10.2 Å². The summed E-state index contributed by atoms with van der Waals surface area (Å²) in [6, 6.07) is 1.09. The number of aromatic nitrogens is 2. The summed E-state index contributed by atoms with van der Waals surface area (Å²) in [5.74, 6) is 2.97. The zero-order valence-corrected chi connectivity index (χ0v) is 5.87. The molecule has 0 saturated heterocycles. The Morgan fingerprint density at radius 2 is 2.33 bits per heavy atom. The number of carboxylic acid groups (broad SMARTS) is 1. The minimum absolute atomic E-state index is 0.0603. The van der Waals surface area contributed by atoms with Gasteiger partial charge in [0, 0.05) is 6.07 Å². The van der Waals surface area contributed by atoms with Gasteiger partial charge in [0.15, 0.2) is 5.69 Å². The van der Waals surface area contributed by atoms with Crippen LogP contribution < -0.4 is 11.3 Å². The van der Waals surface area contributed by atoms with Crippen molar-refractivity contribution < 1.29 is 14.7 Å². The lowest BCUT2D eigenvalue weighted by molar-refractivity contribution is 0.0690. The molecule has 7 nitrogen and oxygen atoms in total. The lowest BCUT2D eigenvalue weighted by Crippen LogP contribution is -2.30. The fraction of sp³-hybridized carbons (Fsp3) is 0. The third-order valence-corrected chi connectivity index (χ3v) is 1.17. The van der Waals surface area contributed by atoms with Gasteiger partial charge in [-0.2, -0.15) is 5.10 Å². The summed E-state index contributed by atoms with van der Waals surface area (Å²) in [5, 5.41) is 14.0. The van der Waals surface area contributed by atoms with E-state index in [1.54, 1.807) is 0 Å². The molecule has 64 valence electrons. The Morgan fingerprint density at radius 1 is 1.67 bits per heavy atom. The van der Waals surface area contributed by atoms with Gasteiger partial charge in [-0.3, -0.25) is 15.3 Å². The SMILES string of the molecule is NNC(=O)c1cc(C(=O)O)[nH]n1. The number of nitrogens with two attached hydrogens (primary N) is 1. The molecular formula is C5H6N4O3. The van der Waals surface area contributed by atoms with E-state index in [9.17, 15) is 9.59 Å². The van der Waals surface area contributed by atoms with E-state index in [1.807, 2.05) is 5.43 Å². The topological polar surface area (TPSA) is 121 Å². The number of hydrogen-bond acceptors (Lipinski definition) is 4. The fourth-order valence-corrected chi connectivity index (χ4v) is 0.622. The van der Waals surface area contributed by atoms with Gasteiger partial charge < -0.3 is 5.11 Å². The molecule has 1 amide bonds. The predicted molar refractivity (Wildman–Crippen MR) is 37.2 cm³/mol. The van der Waals surface area contributed by atoms with Crippen LogP contribution in [0.5, 0.6) is 0 Å². The molecule has 0 aliphatic rings. The van der Waals surface area contributed by atoms with Crippen molar-refractivity contribution in [3.63, 3.8) is 0 Å². The number of carboxylic acids is 1. The second-order valence-electron chi connectivity index (χ2n) is 1.95. The van der Waals surface area contributed by atoms with E-state index in [-0.39, 0.29) is 11.4 Å². The summed E-state index contributed by atoms with van der Waals surface area (Å²) >= 11 is 0. The fourth-order valence-electron chi connectivity index (χ4n) is 0.622. The maximum absolute atomic E-state index is 10.7. The Balaban J connectivity index is 2.91. The van der Waals surface area contributed by atoms with Gasteiger partial charge in [-0.25, -0.2) is 10.6 Å². The number of aromatic amines is 1. The van der Waals surface area contributed by atoms with Crippen molar-refractivity contribution >= 4 is 11.9 Å². The highest BCUT2D eigenvalue weighted by Crippen LogP contribution is 1.98. The van der Waals surface area contributed by atoms with E-state index in [0.717, 1.165) is 6.07 Å². The Labute approximate surface area is 66.5 Å². The molecule has 12 heavy (non-hydrogen) atoms. The number of aromatic carboxylic acids is 1. The second-order valence-corrected chi connectivity index (χ2v) is 1.95. The molecule has 0 aliphatic carbocycles. The first kappa shape index (κ1) is 8.21. The smallest absolute Gasteiger partial charge is 0.353 e. The monoisotopic (exact) mass is 170 g/mol. The van der Waals surface area contributed by atoms with Crippen molar-refractivity contribution in [3.05, 3.63) is 17.5 Å². The van der Waals surface area contributed by atoms with Crippen LogP contribution >= 0.6 is 0 Å². The van der Waals surface area contributed by atoms with Gasteiger partial charge in [-0.15, -0.1) is 0 Å². The number of H-pyrrole nitrogens is 1. The van der Waals surface area contributed by atoms with Crippen molar-refractivity contribution in [2.24, 2.45) is 5.84 Å². The first-order valence-corrected chi connectivity index (χ1v) is 2.95. The average Bonchev–Trinajstić information content (AvgIpc) is 2.51. The van der Waals surface area contributed by atoms with Gasteiger partial charge in [0.05, 0.1) is 0 Å². The first-order chi connectivity index (χ1) is 5.65. The quantitative estimate of drug-likeness (QED) is 0.250. The van der Waals surface area contributed by atoms with Crippen LogP contribution in [0.3, 0.4) is 0 Å². The van der Waals surface area contributed by atoms with E-state index in [1.165, 1.54) is 0 Å². The van der Waals surface area contributed by atoms with Crippen LogP contribution in [0.25, 0.3) is 0 Å². The first-order valence-electron chi connectivity index (χ1n) is 2.95. The Morgan fingerprint density at radius 3 is 2.75 bits per heavy atom. The molecule has 0 bridgehead atoms. The number of amides is 1. The van der Waals surface area contributed by atoms with E-state index >= 15 is 0 Å². The molecule has 0 atom stereocenters. The molecule has 0 unspecified atom stereocenters. The highest BCUT2D eigenvalue weighted by atomic mass is 16.4. The van der Waals surface area contributed by atoms with Crippen molar-refractivity contribution in [3.8, 4) is 0 Å². The van der Waals surface area contributed by atoms with E-state index in [4.69, 9.17) is 10.9 Å². The van der Waals surface area contributed by atoms with Gasteiger partial charge in [0.2, 0.25) is 0 Å². The Bertz CT molecular complexity index is 318. The lowest BCUT2D eigenvalue weighted by atomic mass is 10.3. The molecule has 1 aromatic rings. The maximum atomic E-state index is 10.7. The van der Waals surface area contributed by atoms with Gasteiger partial charge >= 0.3 is 5.97 Å². The lowest BCUT2D eigenvalue weighted by Gasteiger charge is -1.89. The van der Waals surface area contributed by atoms with E-state index < -0.39 is 11.9 Å². The van der Waals surface area contributed by atoms with Crippen LogP contribution in [0.4, 0.5) is 0 Å². The number of rotatable bonds is 2. The molecule has 1 heterocycles. The molecule has 0 spiro atoms. The van der Waals surface area contributed by atoms with Crippen LogP contribution in [0.1, 0.15) is 21.0 Å². The molecule has 1 aromatic heterocycles. The number of nitrogen functional groups attached to an aromatic ring is 1. The summed E-state index contributed by atoms with van der Waals surface area (Å²) in [7, 11) is 0. The summed E-state index contributed by atoms with van der Waals surface area (Å²) in [6.45, 7) is 0. The average molecular weight is 170 g/mol. The van der Waals surface area contributed by atoms with E-state index in [0.29, 0.717) is 0 Å². The predicted octanol–water partition coefficient (Wildman–Crippen LogP) is -1.29. The Hall–Kier alpha value is -1.89. The molecule has 1 rings (SSSR count). The third-order valence-electron chi connectivity index (χ3n) is 1.17. The Kier molecular flexibility index (Phi) is 2.06. The number of hydrogen-bond donors (Lipinski definition) is 4. The highest BCUT2D eigenvalue weighted by Gasteiger charge is 2.11. The molecular weight excluding hydrogens is 164 g/mol. The van der Waals surface area contributed by atoms with Crippen LogP contribution in [-0.4, -0.2) is 27.2 Å². The van der Waals surface area contributed by atoms with Crippen LogP contribution in [0.2, 0.25) is 0 Å².